The zero-order valence-corrected chi connectivity index (χ0v) is 10.4. The summed E-state index contributed by atoms with van der Waals surface area (Å²) in [6.45, 7) is 3.12. The van der Waals surface area contributed by atoms with Crippen LogP contribution in [0.15, 0.2) is 12.7 Å². The van der Waals surface area contributed by atoms with Crippen molar-refractivity contribution < 1.29 is 33.7 Å². The summed E-state index contributed by atoms with van der Waals surface area (Å²) in [5.41, 5.74) is 0. The number of esters is 1. The second-order valence-electron chi connectivity index (χ2n) is 3.19. The van der Waals surface area contributed by atoms with Crippen molar-refractivity contribution in [2.24, 2.45) is 0 Å². The van der Waals surface area contributed by atoms with Crippen LogP contribution in [0, 0.1) is 0 Å². The molecular weight excluding hydrogens is 258 g/mol. The zero-order valence-electron chi connectivity index (χ0n) is 10.4. The van der Waals surface area contributed by atoms with Gasteiger partial charge in [0.15, 0.2) is 0 Å². The standard InChI is InChI=1S/C11H17NO7/c1-2-11(16)19-6-5-17-3-4-18-8-9(13)12-7-10(14)15/h2H,1,3-8H2,(H,12,13)(H,14,15)/p-1. The van der Waals surface area contributed by atoms with E-state index >= 15 is 0 Å². The molecule has 0 atom stereocenters. The molecule has 0 aliphatic heterocycles. The van der Waals surface area contributed by atoms with Gasteiger partial charge in [-0.1, -0.05) is 6.58 Å². The second-order valence-corrected chi connectivity index (χ2v) is 3.19. The molecule has 0 rings (SSSR count). The molecule has 0 radical (unpaired) electrons. The lowest BCUT2D eigenvalue weighted by Gasteiger charge is -2.07. The summed E-state index contributed by atoms with van der Waals surface area (Å²) in [7, 11) is 0. The molecule has 0 spiro atoms. The molecule has 0 heterocycles. The third kappa shape index (κ3) is 12.3. The first kappa shape index (κ1) is 17.1. The van der Waals surface area contributed by atoms with Crippen LogP contribution in [0.5, 0.6) is 0 Å². The number of carboxylic acid groups (broad SMARTS) is 1. The van der Waals surface area contributed by atoms with Gasteiger partial charge in [0.05, 0.1) is 32.3 Å². The molecule has 1 amide bonds. The van der Waals surface area contributed by atoms with E-state index in [1.54, 1.807) is 0 Å². The summed E-state index contributed by atoms with van der Waals surface area (Å²) in [5.74, 6) is -2.45. The van der Waals surface area contributed by atoms with Crippen LogP contribution in [0.2, 0.25) is 0 Å². The smallest absolute Gasteiger partial charge is 0.330 e. The third-order valence-electron chi connectivity index (χ3n) is 1.67. The predicted octanol–water partition coefficient (Wildman–Crippen LogP) is -2.39. The maximum absolute atomic E-state index is 11.0. The summed E-state index contributed by atoms with van der Waals surface area (Å²) in [4.78, 5) is 31.6. The topological polar surface area (TPSA) is 114 Å². The summed E-state index contributed by atoms with van der Waals surface area (Å²) >= 11 is 0. The molecule has 0 saturated heterocycles. The Morgan fingerprint density at radius 1 is 1.11 bits per heavy atom. The first-order valence-electron chi connectivity index (χ1n) is 5.47. The van der Waals surface area contributed by atoms with E-state index in [2.05, 4.69) is 16.6 Å². The van der Waals surface area contributed by atoms with Crippen molar-refractivity contribution >= 4 is 17.8 Å². The number of nitrogens with one attached hydrogen (secondary N) is 1. The fourth-order valence-corrected chi connectivity index (χ4v) is 0.867. The quantitative estimate of drug-likeness (QED) is 0.254. The van der Waals surface area contributed by atoms with Crippen LogP contribution in [0.25, 0.3) is 0 Å². The molecule has 8 nitrogen and oxygen atoms in total. The molecule has 1 N–H and O–H groups in total. The normalized spacial score (nSPS) is 9.68. The molecule has 0 aromatic rings. The van der Waals surface area contributed by atoms with Gasteiger partial charge in [-0.3, -0.25) is 4.79 Å². The van der Waals surface area contributed by atoms with E-state index in [4.69, 9.17) is 9.47 Å². The molecule has 8 heteroatoms. The molecule has 0 bridgehead atoms. The van der Waals surface area contributed by atoms with Crippen LogP contribution in [0.4, 0.5) is 0 Å². The van der Waals surface area contributed by atoms with Gasteiger partial charge < -0.3 is 29.4 Å². The van der Waals surface area contributed by atoms with Crippen LogP contribution in [0.3, 0.4) is 0 Å². The Labute approximate surface area is 110 Å². The van der Waals surface area contributed by atoms with Crippen molar-refractivity contribution in [3.05, 3.63) is 12.7 Å². The van der Waals surface area contributed by atoms with E-state index in [9.17, 15) is 19.5 Å². The molecule has 0 fully saturated rings. The maximum atomic E-state index is 11.0. The van der Waals surface area contributed by atoms with E-state index in [0.29, 0.717) is 0 Å². The maximum Gasteiger partial charge on any atom is 0.330 e. The minimum atomic E-state index is -1.37. The Hall–Kier alpha value is -1.93. The van der Waals surface area contributed by atoms with Crippen molar-refractivity contribution in [3.63, 3.8) is 0 Å². The number of carbonyl (C=O) groups is 3. The Morgan fingerprint density at radius 3 is 2.37 bits per heavy atom. The molecule has 0 unspecified atom stereocenters. The molecule has 0 aromatic heterocycles. The Kier molecular flexibility index (Phi) is 10.0. The molecule has 19 heavy (non-hydrogen) atoms. The van der Waals surface area contributed by atoms with Crippen molar-refractivity contribution in [1.82, 2.24) is 5.32 Å². The summed E-state index contributed by atoms with van der Waals surface area (Å²) in [6, 6.07) is 0. The number of carboxylic acids is 1. The predicted molar refractivity (Wildman–Crippen MR) is 60.8 cm³/mol. The molecule has 0 aliphatic carbocycles. The minimum absolute atomic E-state index is 0.108. The van der Waals surface area contributed by atoms with Crippen LogP contribution in [0.1, 0.15) is 0 Å². The van der Waals surface area contributed by atoms with Crippen LogP contribution >= 0.6 is 0 Å². The number of hydrogen-bond acceptors (Lipinski definition) is 7. The van der Waals surface area contributed by atoms with Crippen LogP contribution < -0.4 is 10.4 Å². The van der Waals surface area contributed by atoms with Crippen molar-refractivity contribution in [3.8, 4) is 0 Å². The van der Waals surface area contributed by atoms with Gasteiger partial charge in [-0.2, -0.15) is 0 Å². The van der Waals surface area contributed by atoms with Crippen molar-refractivity contribution in [1.29, 1.82) is 0 Å². The fourth-order valence-electron chi connectivity index (χ4n) is 0.867. The summed E-state index contributed by atoms with van der Waals surface area (Å²) in [6.07, 6.45) is 1.05. The first-order valence-corrected chi connectivity index (χ1v) is 5.47. The average molecular weight is 274 g/mol. The summed E-state index contributed by atoms with van der Waals surface area (Å²) < 4.78 is 14.6. The summed E-state index contributed by atoms with van der Waals surface area (Å²) in [5, 5.41) is 12.1. The van der Waals surface area contributed by atoms with Crippen LogP contribution in [-0.4, -0.2) is 57.4 Å². The fraction of sp³-hybridized carbons (Fsp3) is 0.545. The highest BCUT2D eigenvalue weighted by Gasteiger charge is 2.00. The molecule has 0 aromatic carbocycles. The first-order chi connectivity index (χ1) is 9.06. The van der Waals surface area contributed by atoms with Crippen molar-refractivity contribution in [2.75, 3.05) is 39.6 Å². The SMILES string of the molecule is C=CC(=O)OCCOCCOCC(=O)NCC(=O)[O-]. The lowest BCUT2D eigenvalue weighted by atomic mass is 10.5. The average Bonchev–Trinajstić information content (AvgIpc) is 2.38. The Morgan fingerprint density at radius 2 is 1.74 bits per heavy atom. The molecule has 108 valence electrons. The zero-order chi connectivity index (χ0) is 14.5. The molecule has 0 saturated carbocycles. The van der Waals surface area contributed by atoms with Gasteiger partial charge in [0.1, 0.15) is 13.2 Å². The van der Waals surface area contributed by atoms with Gasteiger partial charge in [-0.05, 0) is 0 Å². The Bertz CT molecular complexity index is 316. The van der Waals surface area contributed by atoms with E-state index in [1.807, 2.05) is 0 Å². The Balaban J connectivity index is 3.26. The van der Waals surface area contributed by atoms with E-state index in [1.165, 1.54) is 0 Å². The molecular formula is C11H16NO7-. The van der Waals surface area contributed by atoms with Gasteiger partial charge in [0.25, 0.3) is 0 Å². The van der Waals surface area contributed by atoms with Crippen molar-refractivity contribution in [2.45, 2.75) is 0 Å². The van der Waals surface area contributed by atoms with E-state index in [-0.39, 0.29) is 33.0 Å². The number of aliphatic carboxylic acids is 1. The highest BCUT2D eigenvalue weighted by atomic mass is 16.6. The number of amides is 1. The molecule has 0 aliphatic rings. The van der Waals surface area contributed by atoms with Gasteiger partial charge in [-0.25, -0.2) is 4.79 Å². The lowest BCUT2D eigenvalue weighted by Crippen LogP contribution is -2.39. The number of hydrogen-bond donors (Lipinski definition) is 1. The number of ether oxygens (including phenoxy) is 3. The highest BCUT2D eigenvalue weighted by Crippen LogP contribution is 1.83. The lowest BCUT2D eigenvalue weighted by molar-refractivity contribution is -0.304. The largest absolute Gasteiger partial charge is 0.548 e. The van der Waals surface area contributed by atoms with Crippen LogP contribution in [-0.2, 0) is 28.6 Å². The number of rotatable bonds is 11. The third-order valence-corrected chi connectivity index (χ3v) is 1.67. The van der Waals surface area contributed by atoms with E-state index in [0.717, 1.165) is 6.08 Å². The van der Waals surface area contributed by atoms with E-state index < -0.39 is 24.4 Å². The second kappa shape index (κ2) is 11.2. The van der Waals surface area contributed by atoms with Gasteiger partial charge in [0, 0.05) is 6.08 Å². The monoisotopic (exact) mass is 274 g/mol. The highest BCUT2D eigenvalue weighted by molar-refractivity contribution is 5.81. The number of carbonyl (C=O) groups excluding carboxylic acids is 3. The van der Waals surface area contributed by atoms with Gasteiger partial charge >= 0.3 is 5.97 Å². The minimum Gasteiger partial charge on any atom is -0.548 e. The van der Waals surface area contributed by atoms with Gasteiger partial charge in [-0.15, -0.1) is 0 Å². The van der Waals surface area contributed by atoms with Gasteiger partial charge in [0.2, 0.25) is 5.91 Å².